The van der Waals surface area contributed by atoms with Gasteiger partial charge in [0.05, 0.1) is 20.4 Å². The van der Waals surface area contributed by atoms with Gasteiger partial charge in [0, 0.05) is 5.56 Å². The zero-order valence-corrected chi connectivity index (χ0v) is 18.4. The molecule has 33 heavy (non-hydrogen) atoms. The number of hydrogen-bond acceptors (Lipinski definition) is 5. The molecule has 0 bridgehead atoms. The third-order valence-electron chi connectivity index (χ3n) is 5.12. The van der Waals surface area contributed by atoms with E-state index in [0.29, 0.717) is 23.7 Å². The van der Waals surface area contributed by atoms with Crippen LogP contribution in [0.15, 0.2) is 90.0 Å². The highest BCUT2D eigenvalue weighted by Crippen LogP contribution is 2.27. The fraction of sp³-hybridized carbons (Fsp3) is 0.111. The van der Waals surface area contributed by atoms with E-state index in [-0.39, 0.29) is 5.91 Å². The molecular weight excluding hydrogens is 416 g/mol. The Hall–Kier alpha value is -4.32. The van der Waals surface area contributed by atoms with E-state index < -0.39 is 0 Å². The van der Waals surface area contributed by atoms with Crippen LogP contribution in [-0.4, -0.2) is 26.3 Å². The molecule has 0 aliphatic rings. The van der Waals surface area contributed by atoms with Gasteiger partial charge in [0.15, 0.2) is 11.5 Å². The summed E-state index contributed by atoms with van der Waals surface area (Å²) in [6.07, 6.45) is 1.58. The van der Waals surface area contributed by atoms with Gasteiger partial charge in [-0.2, -0.15) is 5.10 Å². The van der Waals surface area contributed by atoms with Crippen LogP contribution in [0, 0.1) is 0 Å². The lowest BCUT2D eigenvalue weighted by Gasteiger charge is -2.08. The Morgan fingerprint density at radius 1 is 0.848 bits per heavy atom. The fourth-order valence-electron chi connectivity index (χ4n) is 3.35. The molecule has 4 rings (SSSR count). The Morgan fingerprint density at radius 2 is 1.61 bits per heavy atom. The molecule has 4 aromatic rings. The number of nitrogens with zero attached hydrogens (tertiary/aromatic N) is 1. The maximum Gasteiger partial charge on any atom is 0.271 e. The van der Waals surface area contributed by atoms with Crippen LogP contribution >= 0.6 is 0 Å². The van der Waals surface area contributed by atoms with Crippen LogP contribution in [0.4, 0.5) is 0 Å². The van der Waals surface area contributed by atoms with E-state index in [0.717, 1.165) is 16.9 Å². The summed E-state index contributed by atoms with van der Waals surface area (Å²) in [4.78, 5) is 12.3. The number of rotatable bonds is 8. The minimum atomic E-state index is -0.345. The Morgan fingerprint density at radius 3 is 2.36 bits per heavy atom. The topological polar surface area (TPSA) is 69.2 Å². The summed E-state index contributed by atoms with van der Waals surface area (Å²) in [6, 6.07) is 27.0. The number of fused-ring (bicyclic) bond motifs is 1. The van der Waals surface area contributed by atoms with Gasteiger partial charge in [-0.25, -0.2) is 5.43 Å². The van der Waals surface area contributed by atoms with Crippen LogP contribution in [0.2, 0.25) is 0 Å². The SMILES string of the molecule is COc1ccc(C(=O)N/N=C\c2ccc(OCc3ccc4ccccc4c3)cc2)cc1OC. The third-order valence-corrected chi connectivity index (χ3v) is 5.12. The predicted molar refractivity (Wildman–Crippen MR) is 129 cm³/mol. The quantitative estimate of drug-likeness (QED) is 0.302. The van der Waals surface area contributed by atoms with E-state index in [4.69, 9.17) is 14.2 Å². The lowest BCUT2D eigenvalue weighted by molar-refractivity contribution is 0.0954. The summed E-state index contributed by atoms with van der Waals surface area (Å²) in [6.45, 7) is 0.486. The maximum absolute atomic E-state index is 12.3. The second-order valence-corrected chi connectivity index (χ2v) is 7.31. The van der Waals surface area contributed by atoms with Crippen molar-refractivity contribution >= 4 is 22.9 Å². The number of hydrazone groups is 1. The molecule has 6 heteroatoms. The number of ether oxygens (including phenoxy) is 3. The van der Waals surface area contributed by atoms with Crippen molar-refractivity contribution in [1.29, 1.82) is 0 Å². The van der Waals surface area contributed by atoms with Gasteiger partial charge in [0.25, 0.3) is 5.91 Å². The zero-order chi connectivity index (χ0) is 23.0. The molecule has 166 valence electrons. The largest absolute Gasteiger partial charge is 0.493 e. The van der Waals surface area contributed by atoms with Crippen molar-refractivity contribution in [3.05, 3.63) is 102 Å². The predicted octanol–water partition coefficient (Wildman–Crippen LogP) is 5.20. The van der Waals surface area contributed by atoms with E-state index in [2.05, 4.69) is 40.9 Å². The number of methoxy groups -OCH3 is 2. The van der Waals surface area contributed by atoms with Crippen LogP contribution in [0.3, 0.4) is 0 Å². The van der Waals surface area contributed by atoms with E-state index in [1.54, 1.807) is 31.5 Å². The molecule has 6 nitrogen and oxygen atoms in total. The first-order valence-electron chi connectivity index (χ1n) is 10.4. The average Bonchev–Trinajstić information content (AvgIpc) is 2.87. The Kier molecular flexibility index (Phi) is 6.85. The average molecular weight is 440 g/mol. The lowest BCUT2D eigenvalue weighted by Crippen LogP contribution is -2.17. The monoisotopic (exact) mass is 440 g/mol. The molecule has 0 fully saturated rings. The van der Waals surface area contributed by atoms with Crippen molar-refractivity contribution in [1.82, 2.24) is 5.43 Å². The van der Waals surface area contributed by atoms with Gasteiger partial charge >= 0.3 is 0 Å². The van der Waals surface area contributed by atoms with E-state index >= 15 is 0 Å². The standard InChI is InChI=1S/C27H24N2O4/c1-31-25-14-11-23(16-26(25)32-2)27(30)29-28-17-19-8-12-24(13-9-19)33-18-20-7-10-21-5-3-4-6-22(21)15-20/h3-17H,18H2,1-2H3,(H,29,30)/b28-17-. The summed E-state index contributed by atoms with van der Waals surface area (Å²) in [5.41, 5.74) is 4.88. The van der Waals surface area contributed by atoms with Gasteiger partial charge in [-0.1, -0.05) is 36.4 Å². The van der Waals surface area contributed by atoms with Gasteiger partial charge in [0.1, 0.15) is 12.4 Å². The summed E-state index contributed by atoms with van der Waals surface area (Å²) in [7, 11) is 3.06. The van der Waals surface area contributed by atoms with Gasteiger partial charge in [0.2, 0.25) is 0 Å². The van der Waals surface area contributed by atoms with E-state index in [1.165, 1.54) is 17.9 Å². The number of hydrogen-bond donors (Lipinski definition) is 1. The van der Waals surface area contributed by atoms with E-state index in [1.807, 2.05) is 36.4 Å². The van der Waals surface area contributed by atoms with Crippen molar-refractivity contribution in [2.75, 3.05) is 14.2 Å². The van der Waals surface area contributed by atoms with Crippen molar-refractivity contribution in [3.8, 4) is 17.2 Å². The number of carbonyl (C=O) groups is 1. The molecule has 0 heterocycles. The highest BCUT2D eigenvalue weighted by molar-refractivity contribution is 5.95. The highest BCUT2D eigenvalue weighted by Gasteiger charge is 2.10. The normalized spacial score (nSPS) is 10.8. The van der Waals surface area contributed by atoms with Crippen LogP contribution in [0.25, 0.3) is 10.8 Å². The van der Waals surface area contributed by atoms with E-state index in [9.17, 15) is 4.79 Å². The van der Waals surface area contributed by atoms with Crippen molar-refractivity contribution < 1.29 is 19.0 Å². The maximum atomic E-state index is 12.3. The first kappa shape index (κ1) is 21.9. The van der Waals surface area contributed by atoms with Crippen LogP contribution in [-0.2, 0) is 6.61 Å². The number of carbonyl (C=O) groups excluding carboxylic acids is 1. The smallest absolute Gasteiger partial charge is 0.271 e. The van der Waals surface area contributed by atoms with Crippen LogP contribution in [0.1, 0.15) is 21.5 Å². The third kappa shape index (κ3) is 5.49. The molecule has 0 spiro atoms. The molecular formula is C27H24N2O4. The number of amides is 1. The van der Waals surface area contributed by atoms with Crippen LogP contribution in [0.5, 0.6) is 17.2 Å². The summed E-state index contributed by atoms with van der Waals surface area (Å²) < 4.78 is 16.3. The van der Waals surface area contributed by atoms with Gasteiger partial charge < -0.3 is 14.2 Å². The van der Waals surface area contributed by atoms with Gasteiger partial charge in [-0.15, -0.1) is 0 Å². The first-order valence-corrected chi connectivity index (χ1v) is 10.4. The number of nitrogens with one attached hydrogen (secondary N) is 1. The Labute approximate surface area is 192 Å². The van der Waals surface area contributed by atoms with Crippen LogP contribution < -0.4 is 19.6 Å². The lowest BCUT2D eigenvalue weighted by atomic mass is 10.1. The Bertz CT molecular complexity index is 1280. The zero-order valence-electron chi connectivity index (χ0n) is 18.4. The molecule has 0 saturated heterocycles. The highest BCUT2D eigenvalue weighted by atomic mass is 16.5. The minimum Gasteiger partial charge on any atom is -0.493 e. The molecule has 4 aromatic carbocycles. The molecule has 0 radical (unpaired) electrons. The fourth-order valence-corrected chi connectivity index (χ4v) is 3.35. The first-order chi connectivity index (χ1) is 16.2. The molecule has 0 atom stereocenters. The second kappa shape index (κ2) is 10.3. The summed E-state index contributed by atoms with van der Waals surface area (Å²) in [5, 5.41) is 6.44. The summed E-state index contributed by atoms with van der Waals surface area (Å²) in [5.74, 6) is 1.45. The van der Waals surface area contributed by atoms with Crippen molar-refractivity contribution in [2.45, 2.75) is 6.61 Å². The molecule has 1 N–H and O–H groups in total. The number of benzene rings is 4. The van der Waals surface area contributed by atoms with Crippen molar-refractivity contribution in [2.24, 2.45) is 5.10 Å². The minimum absolute atomic E-state index is 0.345. The molecule has 0 aliphatic heterocycles. The van der Waals surface area contributed by atoms with Crippen molar-refractivity contribution in [3.63, 3.8) is 0 Å². The molecule has 1 amide bonds. The molecule has 0 unspecified atom stereocenters. The summed E-state index contributed by atoms with van der Waals surface area (Å²) >= 11 is 0. The van der Waals surface area contributed by atoms with Gasteiger partial charge in [-0.3, -0.25) is 4.79 Å². The van der Waals surface area contributed by atoms with Gasteiger partial charge in [-0.05, 0) is 70.4 Å². The molecule has 0 aliphatic carbocycles. The molecule has 0 aromatic heterocycles. The Balaban J connectivity index is 1.32. The second-order valence-electron chi connectivity index (χ2n) is 7.31. The molecule has 0 saturated carbocycles.